The van der Waals surface area contributed by atoms with Crippen molar-refractivity contribution in [1.29, 1.82) is 0 Å². The summed E-state index contributed by atoms with van der Waals surface area (Å²) < 4.78 is 28.1. The monoisotopic (exact) mass is 382 g/mol. The van der Waals surface area contributed by atoms with Crippen LogP contribution < -0.4 is 15.4 Å². The minimum absolute atomic E-state index is 0.290. The molecule has 0 radical (unpaired) electrons. The Hall–Kier alpha value is -1.60. The standard InChI is InChI=1S/C19H34N4O2S/c1-7-15(8-2)13-21-18(20-6)22-14-16-11-9-10-12-17(16)26(24,25)23-19(3,4)5/h9-12,15,23H,7-8,13-14H2,1-6H3,(H2,20,21,22). The summed E-state index contributed by atoms with van der Waals surface area (Å²) >= 11 is 0. The summed E-state index contributed by atoms with van der Waals surface area (Å²) in [6.07, 6.45) is 2.22. The minimum atomic E-state index is -3.59. The lowest BCUT2D eigenvalue weighted by Crippen LogP contribution is -2.41. The second kappa shape index (κ2) is 9.92. The summed E-state index contributed by atoms with van der Waals surface area (Å²) in [4.78, 5) is 4.51. The summed E-state index contributed by atoms with van der Waals surface area (Å²) in [5.41, 5.74) is 0.168. The maximum absolute atomic E-state index is 12.7. The largest absolute Gasteiger partial charge is 0.356 e. The highest BCUT2D eigenvalue weighted by Gasteiger charge is 2.24. The molecule has 26 heavy (non-hydrogen) atoms. The first kappa shape index (κ1) is 22.4. The Morgan fingerprint density at radius 2 is 1.73 bits per heavy atom. The molecule has 0 aliphatic rings. The van der Waals surface area contributed by atoms with Crippen LogP contribution in [0.3, 0.4) is 0 Å². The normalized spacial score (nSPS) is 13.1. The van der Waals surface area contributed by atoms with Crippen LogP contribution in [-0.4, -0.2) is 33.5 Å². The van der Waals surface area contributed by atoms with Gasteiger partial charge in [-0.3, -0.25) is 4.99 Å². The molecule has 0 saturated carbocycles. The van der Waals surface area contributed by atoms with E-state index >= 15 is 0 Å². The number of benzene rings is 1. The highest BCUT2D eigenvalue weighted by Crippen LogP contribution is 2.17. The fourth-order valence-electron chi connectivity index (χ4n) is 2.59. The average molecular weight is 383 g/mol. The molecule has 0 fully saturated rings. The van der Waals surface area contributed by atoms with Crippen molar-refractivity contribution in [2.75, 3.05) is 13.6 Å². The van der Waals surface area contributed by atoms with Crippen molar-refractivity contribution in [2.24, 2.45) is 10.9 Å². The summed E-state index contributed by atoms with van der Waals surface area (Å²) in [5, 5.41) is 6.52. The van der Waals surface area contributed by atoms with Gasteiger partial charge >= 0.3 is 0 Å². The summed E-state index contributed by atoms with van der Waals surface area (Å²) in [6.45, 7) is 11.1. The predicted octanol–water partition coefficient (Wildman–Crippen LogP) is 2.86. The lowest BCUT2D eigenvalue weighted by Gasteiger charge is -2.22. The van der Waals surface area contributed by atoms with Gasteiger partial charge in [0.05, 0.1) is 4.90 Å². The number of hydrogen-bond donors (Lipinski definition) is 3. The first-order valence-electron chi connectivity index (χ1n) is 9.19. The van der Waals surface area contributed by atoms with Crippen molar-refractivity contribution in [1.82, 2.24) is 15.4 Å². The molecule has 1 aromatic carbocycles. The number of nitrogens with zero attached hydrogens (tertiary/aromatic N) is 1. The van der Waals surface area contributed by atoms with Gasteiger partial charge in [0.1, 0.15) is 0 Å². The van der Waals surface area contributed by atoms with Gasteiger partial charge in [-0.1, -0.05) is 44.9 Å². The third-order valence-corrected chi connectivity index (χ3v) is 5.94. The molecule has 0 spiro atoms. The predicted molar refractivity (Wildman–Crippen MR) is 109 cm³/mol. The van der Waals surface area contributed by atoms with Crippen molar-refractivity contribution in [3.63, 3.8) is 0 Å². The van der Waals surface area contributed by atoms with E-state index in [1.165, 1.54) is 0 Å². The molecule has 0 saturated heterocycles. The molecule has 1 aromatic rings. The number of hydrogen-bond acceptors (Lipinski definition) is 3. The number of rotatable bonds is 8. The van der Waals surface area contributed by atoms with E-state index in [4.69, 9.17) is 0 Å². The third kappa shape index (κ3) is 7.33. The van der Waals surface area contributed by atoms with E-state index < -0.39 is 15.6 Å². The Bertz CT molecular complexity index is 690. The fourth-order valence-corrected chi connectivity index (χ4v) is 4.25. The molecule has 0 aromatic heterocycles. The van der Waals surface area contributed by atoms with Gasteiger partial charge in [0.15, 0.2) is 5.96 Å². The van der Waals surface area contributed by atoms with Crippen LogP contribution in [-0.2, 0) is 16.6 Å². The maximum Gasteiger partial charge on any atom is 0.241 e. The lowest BCUT2D eigenvalue weighted by molar-refractivity contribution is 0.481. The van der Waals surface area contributed by atoms with E-state index in [-0.39, 0.29) is 4.90 Å². The zero-order valence-electron chi connectivity index (χ0n) is 16.9. The van der Waals surface area contributed by atoms with E-state index in [1.807, 2.05) is 32.9 Å². The highest BCUT2D eigenvalue weighted by atomic mass is 32.2. The smallest absolute Gasteiger partial charge is 0.241 e. The number of aliphatic imine (C=N–C) groups is 1. The molecule has 0 heterocycles. The molecule has 148 valence electrons. The zero-order chi connectivity index (χ0) is 19.8. The van der Waals surface area contributed by atoms with Gasteiger partial charge < -0.3 is 10.6 Å². The van der Waals surface area contributed by atoms with Crippen molar-refractivity contribution in [2.45, 2.75) is 64.4 Å². The summed E-state index contributed by atoms with van der Waals surface area (Å²) in [7, 11) is -1.87. The Balaban J connectivity index is 2.85. The van der Waals surface area contributed by atoms with Crippen molar-refractivity contribution >= 4 is 16.0 Å². The van der Waals surface area contributed by atoms with Gasteiger partial charge in [-0.25, -0.2) is 13.1 Å². The fraction of sp³-hybridized carbons (Fsp3) is 0.632. The van der Waals surface area contributed by atoms with E-state index in [0.717, 1.165) is 19.4 Å². The molecule has 3 N–H and O–H groups in total. The van der Waals surface area contributed by atoms with Crippen LogP contribution in [0.15, 0.2) is 34.2 Å². The van der Waals surface area contributed by atoms with E-state index in [2.05, 4.69) is 34.2 Å². The Labute approximate surface area is 158 Å². The third-order valence-electron chi connectivity index (χ3n) is 4.09. The molecule has 6 nitrogen and oxygen atoms in total. The topological polar surface area (TPSA) is 82.6 Å². The molecule has 0 bridgehead atoms. The van der Waals surface area contributed by atoms with Gasteiger partial charge in [0.2, 0.25) is 10.0 Å². The van der Waals surface area contributed by atoms with Crippen LogP contribution >= 0.6 is 0 Å². The molecule has 0 atom stereocenters. The van der Waals surface area contributed by atoms with Gasteiger partial charge in [-0.05, 0) is 38.3 Å². The second-order valence-electron chi connectivity index (χ2n) is 7.45. The van der Waals surface area contributed by atoms with Crippen molar-refractivity contribution < 1.29 is 8.42 Å². The minimum Gasteiger partial charge on any atom is -0.356 e. The Morgan fingerprint density at radius 3 is 2.27 bits per heavy atom. The summed E-state index contributed by atoms with van der Waals surface area (Å²) in [6, 6.07) is 7.03. The van der Waals surface area contributed by atoms with Crippen LogP contribution in [0, 0.1) is 5.92 Å². The van der Waals surface area contributed by atoms with Gasteiger partial charge in [0.25, 0.3) is 0 Å². The second-order valence-corrected chi connectivity index (χ2v) is 9.10. The maximum atomic E-state index is 12.7. The highest BCUT2D eigenvalue weighted by molar-refractivity contribution is 7.89. The van der Waals surface area contributed by atoms with E-state index in [9.17, 15) is 8.42 Å². The molecular weight excluding hydrogens is 348 g/mol. The molecule has 0 aliphatic heterocycles. The summed E-state index contributed by atoms with van der Waals surface area (Å²) in [5.74, 6) is 1.27. The van der Waals surface area contributed by atoms with Crippen molar-refractivity contribution in [3.05, 3.63) is 29.8 Å². The molecule has 0 aliphatic carbocycles. The number of sulfonamides is 1. The molecular formula is C19H34N4O2S. The first-order valence-corrected chi connectivity index (χ1v) is 10.7. The van der Waals surface area contributed by atoms with Gasteiger partial charge in [0, 0.05) is 25.7 Å². The molecule has 0 unspecified atom stereocenters. The van der Waals surface area contributed by atoms with E-state index in [0.29, 0.717) is 24.0 Å². The van der Waals surface area contributed by atoms with Crippen LogP contribution in [0.1, 0.15) is 53.0 Å². The van der Waals surface area contributed by atoms with Crippen LogP contribution in [0.4, 0.5) is 0 Å². The number of nitrogens with one attached hydrogen (secondary N) is 3. The first-order chi connectivity index (χ1) is 12.1. The molecule has 1 rings (SSSR count). The Kier molecular flexibility index (Phi) is 8.56. The van der Waals surface area contributed by atoms with Crippen LogP contribution in [0.25, 0.3) is 0 Å². The molecule has 7 heteroatoms. The SMILES string of the molecule is CCC(CC)CNC(=NC)NCc1ccccc1S(=O)(=O)NC(C)(C)C. The molecule has 0 amide bonds. The number of guanidine groups is 1. The average Bonchev–Trinajstić information content (AvgIpc) is 2.56. The van der Waals surface area contributed by atoms with Crippen molar-refractivity contribution in [3.8, 4) is 0 Å². The lowest BCUT2D eigenvalue weighted by atomic mass is 10.0. The van der Waals surface area contributed by atoms with Gasteiger partial charge in [-0.15, -0.1) is 0 Å². The van der Waals surface area contributed by atoms with E-state index in [1.54, 1.807) is 19.2 Å². The van der Waals surface area contributed by atoms with Gasteiger partial charge in [-0.2, -0.15) is 0 Å². The van der Waals surface area contributed by atoms with Crippen LogP contribution in [0.2, 0.25) is 0 Å². The Morgan fingerprint density at radius 1 is 1.12 bits per heavy atom. The van der Waals surface area contributed by atoms with Crippen LogP contribution in [0.5, 0.6) is 0 Å². The quantitative estimate of drug-likeness (QED) is 0.477. The zero-order valence-corrected chi connectivity index (χ0v) is 17.7.